The van der Waals surface area contributed by atoms with E-state index in [1.165, 1.54) is 29.5 Å². The van der Waals surface area contributed by atoms with E-state index >= 15 is 0 Å². The average molecular weight is 403 g/mol. The minimum atomic E-state index is -0.807. The number of rotatable bonds is 5. The quantitative estimate of drug-likeness (QED) is 0.638. The lowest BCUT2D eigenvalue weighted by Gasteiger charge is -2.13. The summed E-state index contributed by atoms with van der Waals surface area (Å²) in [5, 5.41) is 2.90. The Balaban J connectivity index is 1.65. The Hall–Kier alpha value is -3.07. The largest absolute Gasteiger partial charge is 0.453 e. The molecule has 2 heterocycles. The van der Waals surface area contributed by atoms with Gasteiger partial charge in [-0.1, -0.05) is 6.07 Å². The van der Waals surface area contributed by atoms with Gasteiger partial charge in [0.05, 0.1) is 5.39 Å². The summed E-state index contributed by atoms with van der Waals surface area (Å²) in [7, 11) is 0. The van der Waals surface area contributed by atoms with Crippen LogP contribution in [0.15, 0.2) is 29.1 Å². The molecule has 0 radical (unpaired) electrons. The normalized spacial score (nSPS) is 12.0. The molecule has 0 bridgehead atoms. The summed E-state index contributed by atoms with van der Waals surface area (Å²) < 4.78 is 18.4. The number of esters is 1. The third kappa shape index (κ3) is 4.09. The maximum atomic E-state index is 13.1. The smallest absolute Gasteiger partial charge is 0.326 e. The summed E-state index contributed by atoms with van der Waals surface area (Å²) in [4.78, 5) is 44.8. The summed E-state index contributed by atoms with van der Waals surface area (Å²) in [5.41, 5.74) is 0.690. The molecular formula is C19H18FN3O4S. The molecule has 0 saturated heterocycles. The van der Waals surface area contributed by atoms with Crippen LogP contribution in [0.4, 0.5) is 4.39 Å². The zero-order valence-corrected chi connectivity index (χ0v) is 16.3. The fourth-order valence-electron chi connectivity index (χ4n) is 2.64. The highest BCUT2D eigenvalue weighted by Crippen LogP contribution is 2.26. The van der Waals surface area contributed by atoms with Crippen molar-refractivity contribution in [2.75, 3.05) is 6.54 Å². The standard InChI is InChI=1S/C19H18FN3O4S/c1-9-11(3)28-19-15(9)18(26)22-16(23-19)10(2)27-14(24)8-21-17(25)12-5-4-6-13(20)7-12/h4-7,10H,8H2,1-3H3,(H,21,25)(H,22,23,26)/t10-/m0/s1. The molecule has 3 aromatic rings. The van der Waals surface area contributed by atoms with Crippen LogP contribution in [-0.2, 0) is 9.53 Å². The number of thiophene rings is 1. The average Bonchev–Trinajstić information content (AvgIpc) is 2.94. The van der Waals surface area contributed by atoms with Gasteiger partial charge in [0.15, 0.2) is 11.9 Å². The van der Waals surface area contributed by atoms with Crippen LogP contribution in [0.25, 0.3) is 10.2 Å². The predicted octanol–water partition coefficient (Wildman–Crippen LogP) is 2.77. The summed E-state index contributed by atoms with van der Waals surface area (Å²) in [6.45, 7) is 4.94. The van der Waals surface area contributed by atoms with Gasteiger partial charge in [-0.05, 0) is 44.5 Å². The molecule has 0 fully saturated rings. The Labute approximate surface area is 163 Å². The van der Waals surface area contributed by atoms with E-state index in [9.17, 15) is 18.8 Å². The van der Waals surface area contributed by atoms with Crippen LogP contribution in [0.2, 0.25) is 0 Å². The first-order chi connectivity index (χ1) is 13.3. The first-order valence-electron chi connectivity index (χ1n) is 8.49. The maximum Gasteiger partial charge on any atom is 0.326 e. The molecular weight excluding hydrogens is 385 g/mol. The molecule has 0 unspecified atom stereocenters. The topological polar surface area (TPSA) is 101 Å². The van der Waals surface area contributed by atoms with E-state index in [4.69, 9.17) is 4.74 Å². The molecule has 3 rings (SSSR count). The number of aromatic amines is 1. The van der Waals surface area contributed by atoms with E-state index in [0.717, 1.165) is 16.5 Å². The van der Waals surface area contributed by atoms with Crippen LogP contribution in [-0.4, -0.2) is 28.4 Å². The number of fused-ring (bicyclic) bond motifs is 1. The molecule has 28 heavy (non-hydrogen) atoms. The second kappa shape index (κ2) is 7.89. The number of halogens is 1. The molecule has 146 valence electrons. The number of amides is 1. The van der Waals surface area contributed by atoms with E-state index in [2.05, 4.69) is 15.3 Å². The minimum Gasteiger partial charge on any atom is -0.453 e. The number of aromatic nitrogens is 2. The van der Waals surface area contributed by atoms with Gasteiger partial charge in [-0.2, -0.15) is 0 Å². The predicted molar refractivity (Wildman–Crippen MR) is 103 cm³/mol. The lowest BCUT2D eigenvalue weighted by Crippen LogP contribution is -2.31. The molecule has 1 atom stereocenters. The summed E-state index contributed by atoms with van der Waals surface area (Å²) >= 11 is 1.40. The second-order valence-corrected chi connectivity index (χ2v) is 7.44. The van der Waals surface area contributed by atoms with Crippen LogP contribution in [0.3, 0.4) is 0 Å². The zero-order chi connectivity index (χ0) is 20.4. The molecule has 7 nitrogen and oxygen atoms in total. The van der Waals surface area contributed by atoms with Gasteiger partial charge in [-0.25, -0.2) is 9.37 Å². The van der Waals surface area contributed by atoms with Gasteiger partial charge in [0, 0.05) is 10.4 Å². The van der Waals surface area contributed by atoms with Crippen LogP contribution >= 0.6 is 11.3 Å². The fourth-order valence-corrected chi connectivity index (χ4v) is 3.68. The van der Waals surface area contributed by atoms with E-state index in [0.29, 0.717) is 10.2 Å². The van der Waals surface area contributed by atoms with Gasteiger partial charge in [0.2, 0.25) is 0 Å². The number of carbonyl (C=O) groups excluding carboxylic acids is 2. The van der Waals surface area contributed by atoms with Crippen LogP contribution < -0.4 is 10.9 Å². The van der Waals surface area contributed by atoms with Crippen LogP contribution in [0.5, 0.6) is 0 Å². The highest BCUT2D eigenvalue weighted by atomic mass is 32.1. The van der Waals surface area contributed by atoms with E-state index in [1.807, 2.05) is 13.8 Å². The van der Waals surface area contributed by atoms with Crippen molar-refractivity contribution in [3.63, 3.8) is 0 Å². The monoisotopic (exact) mass is 403 g/mol. The van der Waals surface area contributed by atoms with E-state index in [1.54, 1.807) is 6.92 Å². The first-order valence-corrected chi connectivity index (χ1v) is 9.31. The highest BCUT2D eigenvalue weighted by molar-refractivity contribution is 7.18. The van der Waals surface area contributed by atoms with Crippen molar-refractivity contribution >= 4 is 33.4 Å². The number of ether oxygens (including phenoxy) is 1. The first kappa shape index (κ1) is 19.7. The van der Waals surface area contributed by atoms with Crippen molar-refractivity contribution in [3.05, 3.63) is 62.3 Å². The molecule has 1 amide bonds. The highest BCUT2D eigenvalue weighted by Gasteiger charge is 2.18. The number of nitrogens with one attached hydrogen (secondary N) is 2. The lowest BCUT2D eigenvalue weighted by molar-refractivity contribution is -0.147. The van der Waals surface area contributed by atoms with Gasteiger partial charge in [0.25, 0.3) is 11.5 Å². The second-order valence-electron chi connectivity index (χ2n) is 6.24. The Kier molecular flexibility index (Phi) is 5.55. The number of hydrogen-bond acceptors (Lipinski definition) is 6. The summed E-state index contributed by atoms with van der Waals surface area (Å²) in [6, 6.07) is 5.12. The van der Waals surface area contributed by atoms with Gasteiger partial charge in [-0.3, -0.25) is 14.4 Å². The number of H-pyrrole nitrogens is 1. The number of carbonyl (C=O) groups is 2. The van der Waals surface area contributed by atoms with Crippen molar-refractivity contribution in [2.45, 2.75) is 26.9 Å². The van der Waals surface area contributed by atoms with Crippen molar-refractivity contribution in [1.82, 2.24) is 15.3 Å². The third-order valence-corrected chi connectivity index (χ3v) is 5.33. The third-order valence-electron chi connectivity index (χ3n) is 4.23. The van der Waals surface area contributed by atoms with E-state index in [-0.39, 0.29) is 16.9 Å². The van der Waals surface area contributed by atoms with Crippen molar-refractivity contribution in [3.8, 4) is 0 Å². The number of benzene rings is 1. The van der Waals surface area contributed by atoms with Crippen molar-refractivity contribution in [2.24, 2.45) is 0 Å². The van der Waals surface area contributed by atoms with Gasteiger partial charge in [0.1, 0.15) is 17.2 Å². The van der Waals surface area contributed by atoms with Gasteiger partial charge in [-0.15, -0.1) is 11.3 Å². The summed E-state index contributed by atoms with van der Waals surface area (Å²) in [6.07, 6.45) is -0.807. The van der Waals surface area contributed by atoms with Crippen molar-refractivity contribution < 1.29 is 18.7 Å². The Morgan fingerprint density at radius 1 is 1.36 bits per heavy atom. The Morgan fingerprint density at radius 2 is 2.11 bits per heavy atom. The maximum absolute atomic E-state index is 13.1. The molecule has 0 aliphatic carbocycles. The Morgan fingerprint density at radius 3 is 2.82 bits per heavy atom. The SMILES string of the molecule is Cc1sc2nc([C@H](C)OC(=O)CNC(=O)c3cccc(F)c3)[nH]c(=O)c2c1C. The molecule has 0 aliphatic rings. The molecule has 2 aromatic heterocycles. The molecule has 9 heteroatoms. The molecule has 0 spiro atoms. The molecule has 2 N–H and O–H groups in total. The van der Waals surface area contributed by atoms with Gasteiger partial charge < -0.3 is 15.0 Å². The summed E-state index contributed by atoms with van der Waals surface area (Å²) in [5.74, 6) is -1.63. The lowest BCUT2D eigenvalue weighted by atomic mass is 10.2. The van der Waals surface area contributed by atoms with Crippen LogP contribution in [0, 0.1) is 19.7 Å². The van der Waals surface area contributed by atoms with Crippen LogP contribution in [0.1, 0.15) is 39.7 Å². The molecule has 1 aromatic carbocycles. The number of aryl methyl sites for hydroxylation is 2. The molecule has 0 aliphatic heterocycles. The Bertz CT molecular complexity index is 1120. The van der Waals surface area contributed by atoms with E-state index < -0.39 is 30.3 Å². The number of hydrogen-bond donors (Lipinski definition) is 2. The van der Waals surface area contributed by atoms with Gasteiger partial charge >= 0.3 is 5.97 Å². The molecule has 0 saturated carbocycles. The fraction of sp³-hybridized carbons (Fsp3) is 0.263. The zero-order valence-electron chi connectivity index (χ0n) is 15.5. The minimum absolute atomic E-state index is 0.0979. The van der Waals surface area contributed by atoms with Crippen molar-refractivity contribution in [1.29, 1.82) is 0 Å². The number of nitrogens with zero attached hydrogens (tertiary/aromatic N) is 1.